The quantitative estimate of drug-likeness (QED) is 0.523. The van der Waals surface area contributed by atoms with Crippen molar-refractivity contribution in [1.29, 1.82) is 0 Å². The van der Waals surface area contributed by atoms with Gasteiger partial charge in [-0.1, -0.05) is 86.2 Å². The van der Waals surface area contributed by atoms with Crippen molar-refractivity contribution in [3.05, 3.63) is 83.5 Å². The van der Waals surface area contributed by atoms with E-state index in [1.165, 1.54) is 29.6 Å². The number of hydrogen-bond donors (Lipinski definition) is 0. The molecule has 0 N–H and O–H groups in total. The van der Waals surface area contributed by atoms with Crippen molar-refractivity contribution >= 4 is 0 Å². The van der Waals surface area contributed by atoms with Gasteiger partial charge < -0.3 is 0 Å². The van der Waals surface area contributed by atoms with Crippen LogP contribution >= 0.6 is 0 Å². The summed E-state index contributed by atoms with van der Waals surface area (Å²) in [7, 11) is 0. The summed E-state index contributed by atoms with van der Waals surface area (Å²) < 4.78 is 0. The summed E-state index contributed by atoms with van der Waals surface area (Å²) in [5, 5.41) is 0. The van der Waals surface area contributed by atoms with Gasteiger partial charge in [0.05, 0.1) is 0 Å². The molecular formula is C21H30. The molecule has 0 heteroatoms. The molecule has 114 valence electrons. The van der Waals surface area contributed by atoms with Gasteiger partial charge in [-0.25, -0.2) is 0 Å². The van der Waals surface area contributed by atoms with Gasteiger partial charge in [0.15, 0.2) is 0 Å². The van der Waals surface area contributed by atoms with Gasteiger partial charge in [0.1, 0.15) is 0 Å². The van der Waals surface area contributed by atoms with E-state index in [1.807, 2.05) is 32.0 Å². The molecule has 0 aliphatic heterocycles. The normalized spacial score (nSPS) is 13.8. The standard InChI is InChI=1S/C12H16.C7H8.C2H6/c1-3-8-11(4-2)12-9-6-5-7-10-12;1-7-5-3-2-4-6-7;1-2/h3-4,6,8-10H,5,7H2,1-2H3;2-6H,1H3;1-2H3/b8-3-,11-4+;;. The van der Waals surface area contributed by atoms with Crippen LogP contribution < -0.4 is 0 Å². The monoisotopic (exact) mass is 282 g/mol. The molecule has 1 aromatic rings. The second-order valence-corrected chi connectivity index (χ2v) is 4.54. The lowest BCUT2D eigenvalue weighted by Gasteiger charge is -2.06. The molecule has 0 amide bonds. The summed E-state index contributed by atoms with van der Waals surface area (Å²) in [6, 6.07) is 10.3. The molecule has 0 saturated heterocycles. The number of rotatable bonds is 2. The molecule has 0 atom stereocenters. The maximum atomic E-state index is 2.30. The van der Waals surface area contributed by atoms with Crippen molar-refractivity contribution in [2.24, 2.45) is 0 Å². The Morgan fingerprint density at radius 3 is 2.05 bits per heavy atom. The minimum Gasteiger partial charge on any atom is -0.0871 e. The van der Waals surface area contributed by atoms with Crippen molar-refractivity contribution in [3.63, 3.8) is 0 Å². The van der Waals surface area contributed by atoms with Gasteiger partial charge in [-0.05, 0) is 44.8 Å². The van der Waals surface area contributed by atoms with Crippen LogP contribution in [0.5, 0.6) is 0 Å². The molecule has 0 spiro atoms. The van der Waals surface area contributed by atoms with Gasteiger partial charge in [0.25, 0.3) is 0 Å². The Morgan fingerprint density at radius 1 is 1.00 bits per heavy atom. The molecule has 0 radical (unpaired) electrons. The Kier molecular flexibility index (Phi) is 12.0. The fourth-order valence-electron chi connectivity index (χ4n) is 1.90. The Balaban J connectivity index is 0.000000377. The maximum absolute atomic E-state index is 2.30. The van der Waals surface area contributed by atoms with E-state index in [9.17, 15) is 0 Å². The predicted molar refractivity (Wildman–Crippen MR) is 97.6 cm³/mol. The first-order valence-corrected chi connectivity index (χ1v) is 7.95. The molecular weight excluding hydrogens is 252 g/mol. The third-order valence-electron chi connectivity index (χ3n) is 2.93. The van der Waals surface area contributed by atoms with E-state index in [-0.39, 0.29) is 0 Å². The number of benzene rings is 1. The smallest absolute Gasteiger partial charge is 0.0230 e. The van der Waals surface area contributed by atoms with Gasteiger partial charge in [-0.2, -0.15) is 0 Å². The molecule has 21 heavy (non-hydrogen) atoms. The van der Waals surface area contributed by atoms with Crippen LogP contribution in [0.25, 0.3) is 0 Å². The number of allylic oxidation sites excluding steroid dienone is 8. The van der Waals surface area contributed by atoms with Gasteiger partial charge in [0.2, 0.25) is 0 Å². The molecule has 0 aromatic heterocycles. The molecule has 0 unspecified atom stereocenters. The zero-order valence-electron chi connectivity index (χ0n) is 14.3. The van der Waals surface area contributed by atoms with Crippen molar-refractivity contribution in [2.75, 3.05) is 0 Å². The highest BCUT2D eigenvalue weighted by molar-refractivity contribution is 5.46. The minimum absolute atomic E-state index is 1.18. The van der Waals surface area contributed by atoms with Crippen molar-refractivity contribution in [3.8, 4) is 0 Å². The van der Waals surface area contributed by atoms with E-state index in [1.54, 1.807) is 0 Å². The highest BCUT2D eigenvalue weighted by Gasteiger charge is 1.99. The fourth-order valence-corrected chi connectivity index (χ4v) is 1.90. The second kappa shape index (κ2) is 13.2. The molecule has 1 aromatic carbocycles. The van der Waals surface area contributed by atoms with Crippen molar-refractivity contribution in [1.82, 2.24) is 0 Å². The largest absolute Gasteiger partial charge is 0.0871 e. The average Bonchev–Trinajstić information content (AvgIpc) is 2.56. The van der Waals surface area contributed by atoms with Crippen LogP contribution in [0, 0.1) is 6.92 Å². The van der Waals surface area contributed by atoms with Crippen LogP contribution in [0.4, 0.5) is 0 Å². The molecule has 1 aliphatic carbocycles. The topological polar surface area (TPSA) is 0 Å². The lowest BCUT2D eigenvalue weighted by atomic mass is 9.99. The highest BCUT2D eigenvalue weighted by atomic mass is 14.0. The first kappa shape index (κ1) is 19.2. The van der Waals surface area contributed by atoms with Crippen LogP contribution in [0.3, 0.4) is 0 Å². The zero-order valence-corrected chi connectivity index (χ0v) is 14.3. The molecule has 0 fully saturated rings. The van der Waals surface area contributed by atoms with E-state index >= 15 is 0 Å². The van der Waals surface area contributed by atoms with E-state index in [2.05, 4.69) is 69.4 Å². The van der Waals surface area contributed by atoms with Gasteiger partial charge in [0, 0.05) is 0 Å². The maximum Gasteiger partial charge on any atom is -0.0230 e. The van der Waals surface area contributed by atoms with Crippen LogP contribution in [-0.4, -0.2) is 0 Å². The summed E-state index contributed by atoms with van der Waals surface area (Å²) in [4.78, 5) is 0. The van der Waals surface area contributed by atoms with E-state index in [0.29, 0.717) is 0 Å². The summed E-state index contributed by atoms with van der Waals surface area (Å²) in [6.07, 6.45) is 15.5. The van der Waals surface area contributed by atoms with E-state index in [0.717, 1.165) is 0 Å². The lowest BCUT2D eigenvalue weighted by Crippen LogP contribution is -1.87. The Labute approximate surface area is 131 Å². The summed E-state index contributed by atoms with van der Waals surface area (Å²) in [5.41, 5.74) is 4.01. The predicted octanol–water partition coefficient (Wildman–Crippen LogP) is 6.81. The Morgan fingerprint density at radius 2 is 1.67 bits per heavy atom. The van der Waals surface area contributed by atoms with Crippen LogP contribution in [0.15, 0.2) is 77.9 Å². The highest BCUT2D eigenvalue weighted by Crippen LogP contribution is 2.18. The number of aryl methyl sites for hydroxylation is 1. The fraction of sp³-hybridized carbons (Fsp3) is 0.333. The molecule has 2 rings (SSSR count). The zero-order chi connectivity index (χ0) is 15.9. The Hall–Kier alpha value is -1.82. The molecule has 1 aliphatic rings. The Bertz CT molecular complexity index is 468. The summed E-state index contributed by atoms with van der Waals surface area (Å²) in [5.74, 6) is 0. The first-order valence-electron chi connectivity index (χ1n) is 7.95. The summed E-state index contributed by atoms with van der Waals surface area (Å²) in [6.45, 7) is 10.2. The first-order chi connectivity index (χ1) is 10.3. The molecule has 0 saturated carbocycles. The van der Waals surface area contributed by atoms with Crippen LogP contribution in [-0.2, 0) is 0 Å². The number of hydrogen-bond acceptors (Lipinski definition) is 0. The molecule has 0 heterocycles. The van der Waals surface area contributed by atoms with E-state index < -0.39 is 0 Å². The lowest BCUT2D eigenvalue weighted by molar-refractivity contribution is 1.02. The van der Waals surface area contributed by atoms with E-state index in [4.69, 9.17) is 0 Å². The minimum atomic E-state index is 1.18. The summed E-state index contributed by atoms with van der Waals surface area (Å²) >= 11 is 0. The molecule has 0 bridgehead atoms. The third kappa shape index (κ3) is 8.86. The second-order valence-electron chi connectivity index (χ2n) is 4.54. The van der Waals surface area contributed by atoms with Gasteiger partial charge >= 0.3 is 0 Å². The van der Waals surface area contributed by atoms with Crippen molar-refractivity contribution < 1.29 is 0 Å². The average molecular weight is 282 g/mol. The van der Waals surface area contributed by atoms with Crippen molar-refractivity contribution in [2.45, 2.75) is 47.5 Å². The molecule has 0 nitrogen and oxygen atoms in total. The third-order valence-corrected chi connectivity index (χ3v) is 2.93. The van der Waals surface area contributed by atoms with Crippen LogP contribution in [0.1, 0.15) is 46.1 Å². The van der Waals surface area contributed by atoms with Gasteiger partial charge in [-0.3, -0.25) is 0 Å². The van der Waals surface area contributed by atoms with Crippen LogP contribution in [0.2, 0.25) is 0 Å². The SMILES string of the molecule is C/C=C\C(=C/C)C1=CCCC=C1.CC.Cc1ccccc1. The van der Waals surface area contributed by atoms with Gasteiger partial charge in [-0.15, -0.1) is 0 Å².